The Morgan fingerprint density at radius 2 is 2.26 bits per heavy atom. The number of aliphatic hydroxyl groups is 1. The lowest BCUT2D eigenvalue weighted by molar-refractivity contribution is 0.0920. The third-order valence-corrected chi connectivity index (χ3v) is 2.51. The van der Waals surface area contributed by atoms with Gasteiger partial charge in [0.25, 0.3) is 5.91 Å². The van der Waals surface area contributed by atoms with Gasteiger partial charge < -0.3 is 14.8 Å². The van der Waals surface area contributed by atoms with Gasteiger partial charge in [0.05, 0.1) is 6.10 Å². The van der Waals surface area contributed by atoms with Crippen LogP contribution in [0.5, 0.6) is 0 Å². The van der Waals surface area contributed by atoms with Crippen molar-refractivity contribution in [2.75, 3.05) is 6.54 Å². The summed E-state index contributed by atoms with van der Waals surface area (Å²) in [7, 11) is 0. The zero-order valence-electron chi connectivity index (χ0n) is 10.1. The molecular weight excluding hydrogens is 253 g/mol. The number of aliphatic hydroxyl groups excluding tert-OH is 1. The molecule has 19 heavy (non-hydrogen) atoms. The van der Waals surface area contributed by atoms with E-state index in [0.29, 0.717) is 5.39 Å². The van der Waals surface area contributed by atoms with Crippen molar-refractivity contribution in [2.24, 2.45) is 0 Å². The van der Waals surface area contributed by atoms with Crippen molar-refractivity contribution >= 4 is 16.9 Å². The maximum Gasteiger partial charge on any atom is 0.349 e. The predicted molar refractivity (Wildman–Crippen MR) is 66.5 cm³/mol. The Morgan fingerprint density at radius 1 is 1.53 bits per heavy atom. The molecule has 1 unspecified atom stereocenters. The number of hydrogen-bond acceptors (Lipinski definition) is 4. The highest BCUT2D eigenvalue weighted by molar-refractivity contribution is 5.96. The number of halogens is 1. The molecule has 2 aromatic rings. The van der Waals surface area contributed by atoms with Gasteiger partial charge in [0, 0.05) is 11.9 Å². The van der Waals surface area contributed by atoms with Gasteiger partial charge in [0.1, 0.15) is 5.56 Å². The molecule has 0 saturated carbocycles. The van der Waals surface area contributed by atoms with Crippen molar-refractivity contribution in [3.63, 3.8) is 0 Å². The fourth-order valence-electron chi connectivity index (χ4n) is 1.60. The fraction of sp³-hybridized carbons (Fsp3) is 0.231. The summed E-state index contributed by atoms with van der Waals surface area (Å²) in [5.74, 6) is -1.33. The molecule has 2 N–H and O–H groups in total. The Balaban J connectivity index is 2.42. The van der Waals surface area contributed by atoms with Crippen LogP contribution in [0.3, 0.4) is 0 Å². The molecule has 0 fully saturated rings. The van der Waals surface area contributed by atoms with Gasteiger partial charge in [0.15, 0.2) is 11.4 Å². The summed E-state index contributed by atoms with van der Waals surface area (Å²) in [6, 6.07) is 5.42. The second kappa shape index (κ2) is 5.19. The van der Waals surface area contributed by atoms with Crippen LogP contribution < -0.4 is 10.9 Å². The van der Waals surface area contributed by atoms with E-state index in [0.717, 1.165) is 0 Å². The molecule has 2 rings (SSSR count). The first-order chi connectivity index (χ1) is 8.99. The zero-order valence-corrected chi connectivity index (χ0v) is 10.1. The Morgan fingerprint density at radius 3 is 2.95 bits per heavy atom. The third kappa shape index (κ3) is 2.79. The lowest BCUT2D eigenvalue weighted by atomic mass is 10.1. The largest absolute Gasteiger partial charge is 0.419 e. The third-order valence-electron chi connectivity index (χ3n) is 2.51. The molecule has 0 bridgehead atoms. The molecule has 5 nitrogen and oxygen atoms in total. The van der Waals surface area contributed by atoms with E-state index in [1.54, 1.807) is 0 Å². The monoisotopic (exact) mass is 265 g/mol. The maximum atomic E-state index is 13.4. The highest BCUT2D eigenvalue weighted by Crippen LogP contribution is 2.16. The van der Waals surface area contributed by atoms with Gasteiger partial charge in [-0.3, -0.25) is 4.79 Å². The topological polar surface area (TPSA) is 79.5 Å². The van der Waals surface area contributed by atoms with Crippen LogP contribution in [0.15, 0.2) is 33.5 Å². The fourth-order valence-corrected chi connectivity index (χ4v) is 1.60. The van der Waals surface area contributed by atoms with Gasteiger partial charge in [-0.05, 0) is 19.1 Å². The summed E-state index contributed by atoms with van der Waals surface area (Å²) < 4.78 is 18.2. The molecule has 0 aliphatic heterocycles. The summed E-state index contributed by atoms with van der Waals surface area (Å²) in [4.78, 5) is 23.3. The minimum Gasteiger partial charge on any atom is -0.419 e. The van der Waals surface area contributed by atoms with Gasteiger partial charge in [-0.1, -0.05) is 12.1 Å². The highest BCUT2D eigenvalue weighted by Gasteiger charge is 2.15. The van der Waals surface area contributed by atoms with E-state index in [2.05, 4.69) is 5.32 Å². The van der Waals surface area contributed by atoms with E-state index in [9.17, 15) is 14.0 Å². The van der Waals surface area contributed by atoms with Crippen molar-refractivity contribution in [3.8, 4) is 0 Å². The van der Waals surface area contributed by atoms with Crippen LogP contribution in [0.4, 0.5) is 4.39 Å². The first-order valence-corrected chi connectivity index (χ1v) is 5.67. The van der Waals surface area contributed by atoms with Crippen molar-refractivity contribution in [2.45, 2.75) is 13.0 Å². The Kier molecular flexibility index (Phi) is 3.62. The first kappa shape index (κ1) is 13.2. The zero-order chi connectivity index (χ0) is 14.0. The summed E-state index contributed by atoms with van der Waals surface area (Å²) in [5.41, 5.74) is -1.32. The number of carbonyl (C=O) groups excluding carboxylic acids is 1. The van der Waals surface area contributed by atoms with E-state index < -0.39 is 23.5 Å². The molecule has 0 radical (unpaired) electrons. The second-order valence-electron chi connectivity index (χ2n) is 4.16. The van der Waals surface area contributed by atoms with Crippen LogP contribution in [-0.2, 0) is 0 Å². The Labute approximate surface area is 107 Å². The molecule has 0 spiro atoms. The van der Waals surface area contributed by atoms with Gasteiger partial charge in [-0.25, -0.2) is 9.18 Å². The van der Waals surface area contributed by atoms with Crippen LogP contribution in [0.2, 0.25) is 0 Å². The van der Waals surface area contributed by atoms with Crippen LogP contribution in [0, 0.1) is 5.82 Å². The number of fused-ring (bicyclic) bond motifs is 1. The Bertz CT molecular complexity index is 678. The average molecular weight is 265 g/mol. The quantitative estimate of drug-likeness (QED) is 0.813. The second-order valence-corrected chi connectivity index (χ2v) is 4.16. The number of benzene rings is 1. The minimum absolute atomic E-state index is 0.0134. The van der Waals surface area contributed by atoms with Gasteiger partial charge >= 0.3 is 5.63 Å². The first-order valence-electron chi connectivity index (χ1n) is 5.67. The van der Waals surface area contributed by atoms with Crippen LogP contribution in [0.25, 0.3) is 11.0 Å². The number of hydrogen-bond donors (Lipinski definition) is 2. The lowest BCUT2D eigenvalue weighted by Crippen LogP contribution is -2.33. The van der Waals surface area contributed by atoms with E-state index in [4.69, 9.17) is 9.52 Å². The van der Waals surface area contributed by atoms with E-state index in [1.165, 1.54) is 31.2 Å². The highest BCUT2D eigenvalue weighted by atomic mass is 19.1. The molecular formula is C13H12FNO4. The molecule has 0 saturated heterocycles. The number of para-hydroxylation sites is 1. The van der Waals surface area contributed by atoms with Crippen LogP contribution in [-0.4, -0.2) is 23.7 Å². The predicted octanol–water partition coefficient (Wildman–Crippen LogP) is 1.04. The summed E-state index contributed by atoms with van der Waals surface area (Å²) in [5, 5.41) is 11.8. The normalized spacial score (nSPS) is 12.4. The number of rotatable bonds is 3. The van der Waals surface area contributed by atoms with E-state index >= 15 is 0 Å². The lowest BCUT2D eigenvalue weighted by Gasteiger charge is -2.06. The molecule has 1 atom stereocenters. The van der Waals surface area contributed by atoms with Crippen LogP contribution >= 0.6 is 0 Å². The number of carbonyl (C=O) groups is 1. The molecule has 1 heterocycles. The van der Waals surface area contributed by atoms with E-state index in [-0.39, 0.29) is 17.7 Å². The minimum atomic E-state index is -0.916. The van der Waals surface area contributed by atoms with Crippen LogP contribution in [0.1, 0.15) is 17.3 Å². The van der Waals surface area contributed by atoms with Gasteiger partial charge in [-0.15, -0.1) is 0 Å². The van der Waals surface area contributed by atoms with Crippen molar-refractivity contribution in [3.05, 3.63) is 46.1 Å². The average Bonchev–Trinajstić information content (AvgIpc) is 2.36. The summed E-state index contributed by atoms with van der Waals surface area (Å²) >= 11 is 0. The molecule has 1 aromatic heterocycles. The van der Waals surface area contributed by atoms with Gasteiger partial charge in [0.2, 0.25) is 0 Å². The molecule has 0 aliphatic carbocycles. The Hall–Kier alpha value is -2.21. The molecule has 6 heteroatoms. The summed E-state index contributed by atoms with van der Waals surface area (Å²) in [6.45, 7) is 1.51. The van der Waals surface area contributed by atoms with Crippen molar-refractivity contribution < 1.29 is 18.7 Å². The van der Waals surface area contributed by atoms with Crippen molar-refractivity contribution in [1.82, 2.24) is 5.32 Å². The van der Waals surface area contributed by atoms with E-state index in [1.807, 2.05) is 0 Å². The van der Waals surface area contributed by atoms with Gasteiger partial charge in [-0.2, -0.15) is 0 Å². The SMILES string of the molecule is CC(O)CNC(=O)c1cc2cccc(F)c2oc1=O. The molecule has 0 aliphatic rings. The number of amides is 1. The molecule has 1 amide bonds. The number of nitrogens with one attached hydrogen (secondary N) is 1. The standard InChI is InChI=1S/C13H12FNO4/c1-7(16)6-15-12(17)9-5-8-3-2-4-10(14)11(8)19-13(9)18/h2-5,7,16H,6H2,1H3,(H,15,17). The smallest absolute Gasteiger partial charge is 0.349 e. The molecule has 100 valence electrons. The molecule has 1 aromatic carbocycles. The van der Waals surface area contributed by atoms with Crippen molar-refractivity contribution in [1.29, 1.82) is 0 Å². The maximum absolute atomic E-state index is 13.4. The summed E-state index contributed by atoms with van der Waals surface area (Å²) in [6.07, 6.45) is -0.728.